The van der Waals surface area contributed by atoms with Crippen molar-refractivity contribution >= 4 is 0 Å². The lowest BCUT2D eigenvalue weighted by Crippen LogP contribution is -2.37. The predicted molar refractivity (Wildman–Crippen MR) is 69.4 cm³/mol. The molecule has 1 saturated heterocycles. The van der Waals surface area contributed by atoms with Gasteiger partial charge in [0.2, 0.25) is 0 Å². The van der Waals surface area contributed by atoms with Gasteiger partial charge in [-0.1, -0.05) is 12.8 Å². The zero-order chi connectivity index (χ0) is 12.8. The third kappa shape index (κ3) is 3.57. The van der Waals surface area contributed by atoms with E-state index < -0.39 is 6.10 Å². The molecule has 2 rings (SSSR count). The lowest BCUT2D eigenvalue weighted by atomic mass is 10.1. The van der Waals surface area contributed by atoms with Crippen LogP contribution >= 0.6 is 0 Å². The van der Waals surface area contributed by atoms with Crippen LogP contribution in [0.4, 0.5) is 0 Å². The third-order valence-corrected chi connectivity index (χ3v) is 3.54. The van der Waals surface area contributed by atoms with Crippen molar-refractivity contribution in [3.63, 3.8) is 0 Å². The van der Waals surface area contributed by atoms with Gasteiger partial charge < -0.3 is 14.3 Å². The highest BCUT2D eigenvalue weighted by molar-refractivity contribution is 5.05. The molecule has 1 aromatic rings. The normalized spacial score (nSPS) is 23.8. The minimum Gasteiger partial charge on any atom is -0.468 e. The van der Waals surface area contributed by atoms with Gasteiger partial charge in [0, 0.05) is 13.7 Å². The number of aliphatic hydroxyl groups excluding tert-OH is 1. The Kier molecular flexibility index (Phi) is 5.23. The second kappa shape index (κ2) is 6.92. The lowest BCUT2D eigenvalue weighted by molar-refractivity contribution is 0.0241. The average molecular weight is 253 g/mol. The summed E-state index contributed by atoms with van der Waals surface area (Å²) >= 11 is 0. The molecule has 0 radical (unpaired) electrons. The van der Waals surface area contributed by atoms with E-state index in [9.17, 15) is 5.11 Å². The molecule has 4 heteroatoms. The van der Waals surface area contributed by atoms with Gasteiger partial charge in [0.25, 0.3) is 0 Å². The van der Waals surface area contributed by atoms with E-state index in [4.69, 9.17) is 9.15 Å². The number of nitrogens with zero attached hydrogens (tertiary/aromatic N) is 1. The summed E-state index contributed by atoms with van der Waals surface area (Å²) in [4.78, 5) is 2.33. The summed E-state index contributed by atoms with van der Waals surface area (Å²) in [7, 11) is 1.62. The fourth-order valence-corrected chi connectivity index (χ4v) is 2.71. The van der Waals surface area contributed by atoms with Gasteiger partial charge in [0.05, 0.1) is 25.0 Å². The number of rotatable bonds is 5. The van der Waals surface area contributed by atoms with Crippen LogP contribution < -0.4 is 0 Å². The number of furan rings is 1. The van der Waals surface area contributed by atoms with Gasteiger partial charge in [-0.15, -0.1) is 0 Å². The summed E-state index contributed by atoms with van der Waals surface area (Å²) < 4.78 is 10.5. The maximum absolute atomic E-state index is 9.91. The Morgan fingerprint density at radius 3 is 3.11 bits per heavy atom. The fraction of sp³-hybridized carbons (Fsp3) is 0.714. The first-order valence-corrected chi connectivity index (χ1v) is 6.75. The van der Waals surface area contributed by atoms with E-state index in [1.54, 1.807) is 13.4 Å². The SMILES string of the molecule is COC[C@@H](O)CN1CCCCC[C@H]1c1ccco1. The Bertz CT molecular complexity index is 326. The Morgan fingerprint density at radius 2 is 2.39 bits per heavy atom. The predicted octanol–water partition coefficient (Wildman–Crippen LogP) is 2.20. The van der Waals surface area contributed by atoms with Crippen molar-refractivity contribution in [2.75, 3.05) is 26.8 Å². The van der Waals surface area contributed by atoms with Crippen LogP contribution in [-0.2, 0) is 4.74 Å². The Labute approximate surface area is 109 Å². The lowest BCUT2D eigenvalue weighted by Gasteiger charge is -2.30. The Morgan fingerprint density at radius 1 is 1.50 bits per heavy atom. The molecule has 0 spiro atoms. The summed E-state index contributed by atoms with van der Waals surface area (Å²) in [5, 5.41) is 9.91. The first kappa shape index (κ1) is 13.6. The van der Waals surface area contributed by atoms with Crippen LogP contribution in [0.5, 0.6) is 0 Å². The van der Waals surface area contributed by atoms with Crippen molar-refractivity contribution in [1.82, 2.24) is 4.90 Å². The van der Waals surface area contributed by atoms with Crippen LogP contribution in [-0.4, -0.2) is 42.9 Å². The molecule has 0 aliphatic carbocycles. The highest BCUT2D eigenvalue weighted by atomic mass is 16.5. The molecule has 1 N–H and O–H groups in total. The van der Waals surface area contributed by atoms with Crippen LogP contribution in [0.1, 0.15) is 37.5 Å². The number of hydrogen-bond acceptors (Lipinski definition) is 4. The van der Waals surface area contributed by atoms with Crippen molar-refractivity contribution in [2.24, 2.45) is 0 Å². The standard InChI is InChI=1S/C14H23NO3/c1-17-11-12(16)10-15-8-4-2-3-6-13(15)14-7-5-9-18-14/h5,7,9,12-13,16H,2-4,6,8,10-11H2,1H3/t12-,13-/m0/s1. The fourth-order valence-electron chi connectivity index (χ4n) is 2.71. The maximum atomic E-state index is 9.91. The topological polar surface area (TPSA) is 45.8 Å². The summed E-state index contributed by atoms with van der Waals surface area (Å²) in [6.07, 6.45) is 6.08. The zero-order valence-electron chi connectivity index (χ0n) is 11.0. The minimum atomic E-state index is -0.425. The molecule has 0 aromatic carbocycles. The number of likely N-dealkylation sites (tertiary alicyclic amines) is 1. The van der Waals surface area contributed by atoms with Crippen molar-refractivity contribution in [2.45, 2.75) is 37.8 Å². The van der Waals surface area contributed by atoms with Gasteiger partial charge in [-0.25, -0.2) is 0 Å². The molecule has 2 atom stereocenters. The monoisotopic (exact) mass is 253 g/mol. The first-order chi connectivity index (χ1) is 8.81. The maximum Gasteiger partial charge on any atom is 0.120 e. The summed E-state index contributed by atoms with van der Waals surface area (Å²) in [6, 6.07) is 4.27. The molecule has 0 saturated carbocycles. The van der Waals surface area contributed by atoms with Crippen LogP contribution in [0.2, 0.25) is 0 Å². The molecule has 2 heterocycles. The van der Waals surface area contributed by atoms with Crippen molar-refractivity contribution in [1.29, 1.82) is 0 Å². The number of hydrogen-bond donors (Lipinski definition) is 1. The van der Waals surface area contributed by atoms with E-state index in [1.165, 1.54) is 19.3 Å². The van der Waals surface area contributed by atoms with E-state index in [0.29, 0.717) is 19.2 Å². The quantitative estimate of drug-likeness (QED) is 0.874. The van der Waals surface area contributed by atoms with Gasteiger partial charge in [-0.05, 0) is 31.5 Å². The van der Waals surface area contributed by atoms with E-state index in [1.807, 2.05) is 12.1 Å². The van der Waals surface area contributed by atoms with E-state index in [0.717, 1.165) is 18.7 Å². The summed E-state index contributed by atoms with van der Waals surface area (Å²) in [5.41, 5.74) is 0. The number of ether oxygens (including phenoxy) is 1. The summed E-state index contributed by atoms with van der Waals surface area (Å²) in [6.45, 7) is 2.06. The molecule has 4 nitrogen and oxygen atoms in total. The number of aliphatic hydroxyl groups is 1. The highest BCUT2D eigenvalue weighted by Gasteiger charge is 2.26. The molecule has 18 heavy (non-hydrogen) atoms. The minimum absolute atomic E-state index is 0.300. The second-order valence-electron chi connectivity index (χ2n) is 4.98. The molecular formula is C14H23NO3. The summed E-state index contributed by atoms with van der Waals surface area (Å²) in [5.74, 6) is 1.02. The first-order valence-electron chi connectivity index (χ1n) is 6.75. The molecule has 102 valence electrons. The third-order valence-electron chi connectivity index (χ3n) is 3.54. The van der Waals surface area contributed by atoms with Gasteiger partial charge in [0.1, 0.15) is 5.76 Å². The zero-order valence-corrected chi connectivity index (χ0v) is 11.0. The van der Waals surface area contributed by atoms with Gasteiger partial charge >= 0.3 is 0 Å². The van der Waals surface area contributed by atoms with E-state index >= 15 is 0 Å². The molecule has 0 amide bonds. The highest BCUT2D eigenvalue weighted by Crippen LogP contribution is 2.30. The molecular weight excluding hydrogens is 230 g/mol. The second-order valence-corrected chi connectivity index (χ2v) is 4.98. The van der Waals surface area contributed by atoms with Crippen molar-refractivity contribution in [3.8, 4) is 0 Å². The Balaban J connectivity index is 2.02. The molecule has 0 bridgehead atoms. The average Bonchev–Trinajstić information content (AvgIpc) is 2.78. The largest absolute Gasteiger partial charge is 0.468 e. The molecule has 1 aromatic heterocycles. The van der Waals surface area contributed by atoms with Gasteiger partial charge in [0.15, 0.2) is 0 Å². The van der Waals surface area contributed by atoms with Crippen LogP contribution in [0.3, 0.4) is 0 Å². The molecule has 1 aliphatic rings. The smallest absolute Gasteiger partial charge is 0.120 e. The molecule has 1 aliphatic heterocycles. The van der Waals surface area contributed by atoms with Gasteiger partial charge in [-0.3, -0.25) is 4.90 Å². The van der Waals surface area contributed by atoms with Crippen LogP contribution in [0.25, 0.3) is 0 Å². The van der Waals surface area contributed by atoms with Crippen molar-refractivity contribution < 1.29 is 14.3 Å². The molecule has 0 unspecified atom stereocenters. The van der Waals surface area contributed by atoms with Crippen LogP contribution in [0.15, 0.2) is 22.8 Å². The van der Waals surface area contributed by atoms with Crippen LogP contribution in [0, 0.1) is 0 Å². The van der Waals surface area contributed by atoms with E-state index in [-0.39, 0.29) is 0 Å². The van der Waals surface area contributed by atoms with E-state index in [2.05, 4.69) is 4.90 Å². The van der Waals surface area contributed by atoms with Crippen molar-refractivity contribution in [3.05, 3.63) is 24.2 Å². The number of β-amino-alcohol motifs (C(OH)–C–C–N with tert-alkyl or cyclic N) is 1. The Hall–Kier alpha value is -0.840. The molecule has 1 fully saturated rings. The van der Waals surface area contributed by atoms with Gasteiger partial charge in [-0.2, -0.15) is 0 Å². The number of methoxy groups -OCH3 is 1.